The number of nitrogens with two attached hydrogens (primary N) is 1. The highest BCUT2D eigenvalue weighted by Gasteiger charge is 2.11. The number of hydrazine groups is 1. The molecule has 0 saturated carbocycles. The third kappa shape index (κ3) is 2.40. The Morgan fingerprint density at radius 3 is 2.22 bits per heavy atom. The number of amidine groups is 1. The van der Waals surface area contributed by atoms with Crippen LogP contribution in [0.25, 0.3) is 0 Å². The van der Waals surface area contributed by atoms with Crippen molar-refractivity contribution in [2.75, 3.05) is 7.05 Å². The molecule has 0 bridgehead atoms. The second-order valence-corrected chi connectivity index (χ2v) is 2.48. The van der Waals surface area contributed by atoms with Gasteiger partial charge in [0.05, 0.1) is 0 Å². The molecule has 9 heavy (non-hydrogen) atoms. The molecule has 0 aromatic heterocycles. The number of nitrogens with one attached hydrogen (secondary N) is 1. The molecule has 0 atom stereocenters. The number of hydrogen-bond donors (Lipinski definition) is 3. The Kier molecular flexibility index (Phi) is 2.56. The van der Waals surface area contributed by atoms with E-state index in [1.165, 1.54) is 7.05 Å². The third-order valence-electron chi connectivity index (χ3n) is 0.571. The van der Waals surface area contributed by atoms with Gasteiger partial charge in [-0.2, -0.15) is 8.42 Å². The van der Waals surface area contributed by atoms with Gasteiger partial charge in [0.15, 0.2) is 0 Å². The Labute approximate surface area is 52.5 Å². The maximum absolute atomic E-state index is 10.1. The normalized spacial score (nSPS) is 13.4. The third-order valence-corrected chi connectivity index (χ3v) is 1.36. The van der Waals surface area contributed by atoms with Gasteiger partial charge in [0.25, 0.3) is 5.17 Å². The Bertz CT molecular complexity index is 205. The summed E-state index contributed by atoms with van der Waals surface area (Å²) in [7, 11) is -3.07. The van der Waals surface area contributed by atoms with Gasteiger partial charge in [0, 0.05) is 7.05 Å². The van der Waals surface area contributed by atoms with Gasteiger partial charge in [-0.1, -0.05) is 0 Å². The van der Waals surface area contributed by atoms with Crippen LogP contribution in [0.4, 0.5) is 0 Å². The Balaban J connectivity index is 4.56. The second-order valence-electron chi connectivity index (χ2n) is 1.15. The van der Waals surface area contributed by atoms with Crippen molar-refractivity contribution in [2.24, 2.45) is 10.8 Å². The van der Waals surface area contributed by atoms with Gasteiger partial charge in [-0.25, -0.2) is 5.84 Å². The molecular weight excluding hydrogens is 146 g/mol. The van der Waals surface area contributed by atoms with E-state index in [1.54, 1.807) is 5.43 Å². The molecule has 0 aromatic carbocycles. The number of hydrogen-bond acceptors (Lipinski definition) is 4. The first-order valence-corrected chi connectivity index (χ1v) is 3.37. The summed E-state index contributed by atoms with van der Waals surface area (Å²) < 4.78 is 28.3. The van der Waals surface area contributed by atoms with E-state index in [0.717, 1.165) is 0 Å². The summed E-state index contributed by atoms with van der Waals surface area (Å²) in [5.41, 5.74) is 1.70. The second kappa shape index (κ2) is 2.76. The molecule has 0 rings (SSSR count). The molecule has 0 heterocycles. The highest BCUT2D eigenvalue weighted by atomic mass is 32.2. The predicted octanol–water partition coefficient (Wildman–Crippen LogP) is -1.68. The van der Waals surface area contributed by atoms with E-state index in [4.69, 9.17) is 4.55 Å². The molecule has 0 amide bonds. The van der Waals surface area contributed by atoms with Crippen molar-refractivity contribution in [2.45, 2.75) is 0 Å². The zero-order chi connectivity index (χ0) is 7.49. The predicted molar refractivity (Wildman–Crippen MR) is 32.2 cm³/mol. The van der Waals surface area contributed by atoms with E-state index in [2.05, 4.69) is 10.8 Å². The Hall–Kier alpha value is -0.660. The Morgan fingerprint density at radius 1 is 1.78 bits per heavy atom. The fraction of sp³-hybridized carbons (Fsp3) is 0.500. The van der Waals surface area contributed by atoms with Gasteiger partial charge >= 0.3 is 10.1 Å². The minimum Gasteiger partial charge on any atom is -0.297 e. The van der Waals surface area contributed by atoms with Crippen molar-refractivity contribution in [1.82, 2.24) is 5.43 Å². The number of aliphatic imine (C=N–C) groups is 1. The molecule has 0 unspecified atom stereocenters. The lowest BCUT2D eigenvalue weighted by molar-refractivity contribution is 0.496. The van der Waals surface area contributed by atoms with Crippen molar-refractivity contribution in [3.05, 3.63) is 0 Å². The topological polar surface area (TPSA) is 105 Å². The van der Waals surface area contributed by atoms with Crippen molar-refractivity contribution in [1.29, 1.82) is 0 Å². The van der Waals surface area contributed by atoms with E-state index in [0.29, 0.717) is 0 Å². The lowest BCUT2D eigenvalue weighted by Crippen LogP contribution is -2.36. The van der Waals surface area contributed by atoms with Crippen LogP contribution in [0.5, 0.6) is 0 Å². The quantitative estimate of drug-likeness (QED) is 0.127. The lowest BCUT2D eigenvalue weighted by atomic mass is 11.2. The van der Waals surface area contributed by atoms with Crippen molar-refractivity contribution in [3.8, 4) is 0 Å². The van der Waals surface area contributed by atoms with Crippen LogP contribution < -0.4 is 11.3 Å². The summed E-state index contributed by atoms with van der Waals surface area (Å²) in [6, 6.07) is 0. The molecule has 0 aliphatic rings. The van der Waals surface area contributed by atoms with Gasteiger partial charge in [-0.15, -0.1) is 0 Å². The van der Waals surface area contributed by atoms with Crippen LogP contribution in [0.3, 0.4) is 0 Å². The van der Waals surface area contributed by atoms with Crippen molar-refractivity contribution < 1.29 is 13.0 Å². The van der Waals surface area contributed by atoms with Crippen LogP contribution in [0.1, 0.15) is 0 Å². The van der Waals surface area contributed by atoms with Gasteiger partial charge in [-0.05, 0) is 0 Å². The SMILES string of the molecule is CN=C(NN)S(=O)(=O)O. The summed E-state index contributed by atoms with van der Waals surface area (Å²) in [6.07, 6.45) is 0. The summed E-state index contributed by atoms with van der Waals surface area (Å²) in [5, 5.41) is -0.650. The molecular formula is C2H7N3O3S. The van der Waals surface area contributed by atoms with E-state index < -0.39 is 15.3 Å². The first-order chi connectivity index (χ1) is 4.02. The zero-order valence-electron chi connectivity index (χ0n) is 4.70. The van der Waals surface area contributed by atoms with E-state index in [9.17, 15) is 8.42 Å². The molecule has 0 aromatic rings. The molecule has 7 heteroatoms. The Morgan fingerprint density at radius 2 is 2.22 bits per heavy atom. The molecule has 0 aliphatic carbocycles. The first kappa shape index (κ1) is 8.34. The van der Waals surface area contributed by atoms with Crippen LogP contribution in [0.2, 0.25) is 0 Å². The lowest BCUT2D eigenvalue weighted by Gasteiger charge is -1.96. The smallest absolute Gasteiger partial charge is 0.297 e. The molecule has 0 fully saturated rings. The maximum Gasteiger partial charge on any atom is 0.329 e. The maximum atomic E-state index is 10.1. The zero-order valence-corrected chi connectivity index (χ0v) is 5.51. The molecule has 0 spiro atoms. The van der Waals surface area contributed by atoms with Crippen molar-refractivity contribution >= 4 is 15.3 Å². The van der Waals surface area contributed by atoms with Crippen LogP contribution in [-0.2, 0) is 10.1 Å². The number of nitrogens with zero attached hydrogens (tertiary/aromatic N) is 1. The van der Waals surface area contributed by atoms with Gasteiger partial charge in [0.1, 0.15) is 0 Å². The van der Waals surface area contributed by atoms with Crippen molar-refractivity contribution in [3.63, 3.8) is 0 Å². The van der Waals surface area contributed by atoms with Gasteiger partial charge in [-0.3, -0.25) is 15.0 Å². The molecule has 4 N–H and O–H groups in total. The standard InChI is InChI=1S/C2H7N3O3S/c1-4-2(5-3)9(6,7)8/h3H2,1H3,(H,4,5)(H,6,7,8). The molecule has 0 saturated heterocycles. The highest BCUT2D eigenvalue weighted by Crippen LogP contribution is 1.80. The fourth-order valence-corrected chi connectivity index (χ4v) is 0.634. The van der Waals surface area contributed by atoms with Crippen LogP contribution in [-0.4, -0.2) is 25.2 Å². The summed E-state index contributed by atoms with van der Waals surface area (Å²) in [6.45, 7) is 0. The van der Waals surface area contributed by atoms with Crippen LogP contribution in [0.15, 0.2) is 4.99 Å². The largest absolute Gasteiger partial charge is 0.329 e. The highest BCUT2D eigenvalue weighted by molar-refractivity contribution is 8.01. The van der Waals surface area contributed by atoms with Crippen LogP contribution in [0, 0.1) is 0 Å². The molecule has 0 aliphatic heterocycles. The molecule has 54 valence electrons. The fourth-order valence-electron chi connectivity index (χ4n) is 0.254. The monoisotopic (exact) mass is 153 g/mol. The van der Waals surface area contributed by atoms with E-state index in [-0.39, 0.29) is 0 Å². The number of rotatable bonds is 0. The summed E-state index contributed by atoms with van der Waals surface area (Å²) in [5.74, 6) is 4.65. The molecule has 6 nitrogen and oxygen atoms in total. The average Bonchev–Trinajstić information content (AvgIpc) is 1.65. The van der Waals surface area contributed by atoms with Gasteiger partial charge < -0.3 is 0 Å². The van der Waals surface area contributed by atoms with E-state index >= 15 is 0 Å². The average molecular weight is 153 g/mol. The van der Waals surface area contributed by atoms with Gasteiger partial charge in [0.2, 0.25) is 0 Å². The first-order valence-electron chi connectivity index (χ1n) is 1.93. The molecule has 0 radical (unpaired) electrons. The summed E-state index contributed by atoms with van der Waals surface area (Å²) >= 11 is 0. The van der Waals surface area contributed by atoms with Crippen LogP contribution >= 0.6 is 0 Å². The van der Waals surface area contributed by atoms with E-state index in [1.807, 2.05) is 0 Å². The summed E-state index contributed by atoms with van der Waals surface area (Å²) in [4.78, 5) is 3.12. The minimum absolute atomic E-state index is 0.650. The minimum atomic E-state index is -4.25.